The Balaban J connectivity index is 1.80. The third-order valence-electron chi connectivity index (χ3n) is 3.79. The Hall–Kier alpha value is -2.86. The van der Waals surface area contributed by atoms with Gasteiger partial charge in [-0.05, 0) is 43.0 Å². The quantitative estimate of drug-likeness (QED) is 0.720. The Bertz CT molecular complexity index is 981. The second-order valence-electron chi connectivity index (χ2n) is 5.90. The summed E-state index contributed by atoms with van der Waals surface area (Å²) in [6.07, 6.45) is 2.05. The summed E-state index contributed by atoms with van der Waals surface area (Å²) >= 11 is 1.74. The zero-order valence-corrected chi connectivity index (χ0v) is 15.4. The normalized spacial score (nSPS) is 10.5. The average Bonchev–Trinajstić information content (AvgIpc) is 2.62. The van der Waals surface area contributed by atoms with E-state index in [0.29, 0.717) is 22.8 Å². The van der Waals surface area contributed by atoms with Crippen LogP contribution in [0.15, 0.2) is 59.4 Å². The number of aromatic amines is 1. The molecule has 3 rings (SSSR count). The molecule has 0 radical (unpaired) electrons. The predicted octanol–water partition coefficient (Wildman–Crippen LogP) is 3.86. The number of hydrogen-bond donors (Lipinski definition) is 2. The van der Waals surface area contributed by atoms with Gasteiger partial charge in [0.25, 0.3) is 11.5 Å². The molecule has 0 saturated heterocycles. The minimum atomic E-state index is -0.202. The molecule has 0 aliphatic heterocycles. The Labute approximate surface area is 155 Å². The number of anilines is 1. The molecule has 1 heterocycles. The van der Waals surface area contributed by atoms with Gasteiger partial charge in [0.2, 0.25) is 0 Å². The first-order valence-corrected chi connectivity index (χ1v) is 9.52. The molecular formula is C20H19N3O2S. The lowest BCUT2D eigenvalue weighted by Crippen LogP contribution is -2.12. The molecule has 2 aromatic carbocycles. The van der Waals surface area contributed by atoms with Crippen LogP contribution in [0.3, 0.4) is 0 Å². The summed E-state index contributed by atoms with van der Waals surface area (Å²) in [5.41, 5.74) is 3.60. The lowest BCUT2D eigenvalue weighted by atomic mass is 10.1. The van der Waals surface area contributed by atoms with E-state index >= 15 is 0 Å². The highest BCUT2D eigenvalue weighted by atomic mass is 32.2. The van der Waals surface area contributed by atoms with Gasteiger partial charge in [0.05, 0.1) is 0 Å². The Kier molecular flexibility index (Phi) is 5.53. The number of rotatable bonds is 5. The fourth-order valence-electron chi connectivity index (χ4n) is 2.58. The molecule has 5 nitrogen and oxygen atoms in total. The summed E-state index contributed by atoms with van der Waals surface area (Å²) < 4.78 is 0. The number of thioether (sulfide) groups is 1. The van der Waals surface area contributed by atoms with E-state index in [1.807, 2.05) is 42.7 Å². The third kappa shape index (κ3) is 4.40. The van der Waals surface area contributed by atoms with Crippen molar-refractivity contribution in [3.63, 3.8) is 0 Å². The molecule has 0 aliphatic carbocycles. The number of H-pyrrole nitrogens is 1. The van der Waals surface area contributed by atoms with Crippen molar-refractivity contribution >= 4 is 23.4 Å². The molecule has 6 heteroatoms. The molecule has 2 N–H and O–H groups in total. The van der Waals surface area contributed by atoms with Crippen LogP contribution in [0.4, 0.5) is 5.69 Å². The van der Waals surface area contributed by atoms with Gasteiger partial charge in [-0.15, -0.1) is 0 Å². The van der Waals surface area contributed by atoms with E-state index in [2.05, 4.69) is 15.3 Å². The number of aromatic nitrogens is 2. The first-order valence-electron chi connectivity index (χ1n) is 8.13. The van der Waals surface area contributed by atoms with Crippen LogP contribution in [0.25, 0.3) is 11.4 Å². The molecular weight excluding hydrogens is 346 g/mol. The SMILES string of the molecule is CSCc1ccc(C(=O)Nc2cccc(-c3nc(C)cc(=O)[nH]3)c2)cc1. The van der Waals surface area contributed by atoms with Gasteiger partial charge in [-0.3, -0.25) is 9.59 Å². The molecule has 0 fully saturated rings. The minimum Gasteiger partial charge on any atom is -0.322 e. The summed E-state index contributed by atoms with van der Waals surface area (Å²) in [6.45, 7) is 1.77. The van der Waals surface area contributed by atoms with Gasteiger partial charge in [-0.25, -0.2) is 4.98 Å². The molecule has 26 heavy (non-hydrogen) atoms. The number of amides is 1. The molecule has 0 bridgehead atoms. The second kappa shape index (κ2) is 8.01. The highest BCUT2D eigenvalue weighted by Gasteiger charge is 2.08. The summed E-state index contributed by atoms with van der Waals surface area (Å²) in [6, 6.07) is 16.3. The monoisotopic (exact) mass is 365 g/mol. The van der Waals surface area contributed by atoms with Gasteiger partial charge in [-0.1, -0.05) is 24.3 Å². The Morgan fingerprint density at radius 2 is 1.92 bits per heavy atom. The van der Waals surface area contributed by atoms with Crippen LogP contribution in [0, 0.1) is 6.92 Å². The number of carbonyl (C=O) groups is 1. The molecule has 0 saturated carbocycles. The molecule has 0 aliphatic rings. The fourth-order valence-corrected chi connectivity index (χ4v) is 3.11. The highest BCUT2D eigenvalue weighted by Crippen LogP contribution is 2.20. The van der Waals surface area contributed by atoms with Gasteiger partial charge in [0.15, 0.2) is 0 Å². The van der Waals surface area contributed by atoms with Crippen molar-refractivity contribution in [1.82, 2.24) is 9.97 Å². The van der Waals surface area contributed by atoms with Crippen molar-refractivity contribution in [1.29, 1.82) is 0 Å². The summed E-state index contributed by atoms with van der Waals surface area (Å²) in [4.78, 5) is 31.1. The van der Waals surface area contributed by atoms with Gasteiger partial charge in [0.1, 0.15) is 5.82 Å². The Morgan fingerprint density at radius 1 is 1.15 bits per heavy atom. The molecule has 132 valence electrons. The number of nitrogens with one attached hydrogen (secondary N) is 2. The van der Waals surface area contributed by atoms with Crippen LogP contribution in [0.5, 0.6) is 0 Å². The van der Waals surface area contributed by atoms with E-state index in [9.17, 15) is 9.59 Å². The lowest BCUT2D eigenvalue weighted by molar-refractivity contribution is 0.102. The van der Waals surface area contributed by atoms with Crippen molar-refractivity contribution in [3.05, 3.63) is 81.8 Å². The third-order valence-corrected chi connectivity index (χ3v) is 4.41. The van der Waals surface area contributed by atoms with E-state index in [-0.39, 0.29) is 11.5 Å². The van der Waals surface area contributed by atoms with E-state index < -0.39 is 0 Å². The predicted molar refractivity (Wildman–Crippen MR) is 107 cm³/mol. The van der Waals surface area contributed by atoms with Gasteiger partial charge >= 0.3 is 0 Å². The summed E-state index contributed by atoms with van der Waals surface area (Å²) in [5.74, 6) is 1.22. The first-order chi connectivity index (χ1) is 12.5. The number of nitrogens with zero attached hydrogens (tertiary/aromatic N) is 1. The number of hydrogen-bond acceptors (Lipinski definition) is 4. The van der Waals surface area contributed by atoms with Crippen molar-refractivity contribution in [2.45, 2.75) is 12.7 Å². The zero-order chi connectivity index (χ0) is 18.5. The second-order valence-corrected chi connectivity index (χ2v) is 6.77. The van der Waals surface area contributed by atoms with Crippen molar-refractivity contribution in [3.8, 4) is 11.4 Å². The maximum atomic E-state index is 12.4. The zero-order valence-electron chi connectivity index (χ0n) is 14.6. The minimum absolute atomic E-state index is 0.177. The Morgan fingerprint density at radius 3 is 2.62 bits per heavy atom. The molecule has 1 aromatic heterocycles. The topological polar surface area (TPSA) is 74.8 Å². The smallest absolute Gasteiger partial charge is 0.255 e. The van der Waals surface area contributed by atoms with Crippen LogP contribution in [-0.2, 0) is 5.75 Å². The standard InChI is InChI=1S/C20H19N3O2S/c1-13-10-18(24)23-19(21-13)16-4-3-5-17(11-16)22-20(25)15-8-6-14(7-9-15)12-26-2/h3-11H,12H2,1-2H3,(H,22,25)(H,21,23,24). The van der Waals surface area contributed by atoms with Crippen LogP contribution < -0.4 is 10.9 Å². The maximum absolute atomic E-state index is 12.4. The van der Waals surface area contributed by atoms with Crippen LogP contribution in [0.2, 0.25) is 0 Å². The van der Waals surface area contributed by atoms with E-state index in [1.54, 1.807) is 30.8 Å². The van der Waals surface area contributed by atoms with Crippen LogP contribution >= 0.6 is 11.8 Å². The number of carbonyl (C=O) groups excluding carboxylic acids is 1. The number of aryl methyl sites for hydroxylation is 1. The van der Waals surface area contributed by atoms with Crippen molar-refractivity contribution < 1.29 is 4.79 Å². The van der Waals surface area contributed by atoms with Crippen LogP contribution in [0.1, 0.15) is 21.6 Å². The lowest BCUT2D eigenvalue weighted by Gasteiger charge is -2.08. The van der Waals surface area contributed by atoms with Gasteiger partial charge in [0, 0.05) is 34.3 Å². The van der Waals surface area contributed by atoms with E-state index in [4.69, 9.17) is 0 Å². The van der Waals surface area contributed by atoms with Crippen molar-refractivity contribution in [2.24, 2.45) is 0 Å². The summed E-state index contributed by atoms with van der Waals surface area (Å²) in [7, 11) is 0. The van der Waals surface area contributed by atoms with Crippen molar-refractivity contribution in [2.75, 3.05) is 11.6 Å². The molecule has 0 atom stereocenters. The first kappa shape index (κ1) is 17.9. The molecule has 3 aromatic rings. The van der Waals surface area contributed by atoms with Crippen LogP contribution in [-0.4, -0.2) is 22.1 Å². The summed E-state index contributed by atoms with van der Waals surface area (Å²) in [5, 5.41) is 2.89. The number of benzene rings is 2. The van der Waals surface area contributed by atoms with E-state index in [0.717, 1.165) is 11.3 Å². The maximum Gasteiger partial charge on any atom is 0.255 e. The van der Waals surface area contributed by atoms with E-state index in [1.165, 1.54) is 11.6 Å². The van der Waals surface area contributed by atoms with Gasteiger partial charge < -0.3 is 10.3 Å². The largest absolute Gasteiger partial charge is 0.322 e. The molecule has 0 spiro atoms. The molecule has 0 unspecified atom stereocenters. The average molecular weight is 365 g/mol. The fraction of sp³-hybridized carbons (Fsp3) is 0.150. The highest BCUT2D eigenvalue weighted by molar-refractivity contribution is 7.97. The van der Waals surface area contributed by atoms with Gasteiger partial charge in [-0.2, -0.15) is 11.8 Å². The molecule has 1 amide bonds.